The lowest BCUT2D eigenvalue weighted by Gasteiger charge is -2.07. The minimum atomic E-state index is 0.560. The summed E-state index contributed by atoms with van der Waals surface area (Å²) in [7, 11) is 0. The third-order valence-electron chi connectivity index (χ3n) is 2.61. The Hall–Kier alpha value is -1.80. The first kappa shape index (κ1) is 12.7. The zero-order valence-electron chi connectivity index (χ0n) is 9.80. The second-order valence-electron chi connectivity index (χ2n) is 3.88. The fraction of sp³-hybridized carbons (Fsp3) is 0.133. The Balaban J connectivity index is 1.88. The lowest BCUT2D eigenvalue weighted by atomic mass is 10.2. The minimum Gasteiger partial charge on any atom is -0.493 e. The van der Waals surface area contributed by atoms with E-state index >= 15 is 0 Å². The summed E-state index contributed by atoms with van der Waals surface area (Å²) in [6, 6.07) is 14.8. The van der Waals surface area contributed by atoms with Gasteiger partial charge in [-0.25, -0.2) is 0 Å². The summed E-state index contributed by atoms with van der Waals surface area (Å²) in [4.78, 5) is 10.5. The van der Waals surface area contributed by atoms with Gasteiger partial charge in [-0.15, -0.1) is 0 Å². The second-order valence-corrected chi connectivity index (χ2v) is 4.28. The minimum absolute atomic E-state index is 0.560. The Morgan fingerprint density at radius 3 is 2.44 bits per heavy atom. The fourth-order valence-electron chi connectivity index (χ4n) is 1.62. The van der Waals surface area contributed by atoms with Crippen LogP contribution in [0.3, 0.4) is 0 Å². The third kappa shape index (κ3) is 3.34. The van der Waals surface area contributed by atoms with Gasteiger partial charge in [0.25, 0.3) is 0 Å². The van der Waals surface area contributed by atoms with Crippen LogP contribution in [0.15, 0.2) is 48.5 Å². The van der Waals surface area contributed by atoms with Crippen molar-refractivity contribution in [3.63, 3.8) is 0 Å². The molecule has 0 aromatic heterocycles. The number of hydrogen-bond donors (Lipinski definition) is 0. The quantitative estimate of drug-likeness (QED) is 0.765. The van der Waals surface area contributed by atoms with Crippen molar-refractivity contribution in [3.8, 4) is 5.75 Å². The maximum Gasteiger partial charge on any atom is 0.150 e. The van der Waals surface area contributed by atoms with Crippen molar-refractivity contribution in [2.75, 3.05) is 6.61 Å². The van der Waals surface area contributed by atoms with Crippen molar-refractivity contribution in [3.05, 3.63) is 64.7 Å². The van der Waals surface area contributed by atoms with Crippen LogP contribution in [0.5, 0.6) is 5.75 Å². The maximum absolute atomic E-state index is 10.5. The van der Waals surface area contributed by atoms with Gasteiger partial charge in [-0.3, -0.25) is 4.79 Å². The molecule has 0 saturated carbocycles. The predicted molar refractivity (Wildman–Crippen MR) is 72.5 cm³/mol. The summed E-state index contributed by atoms with van der Waals surface area (Å²) < 4.78 is 5.59. The highest BCUT2D eigenvalue weighted by Crippen LogP contribution is 2.16. The molecule has 0 fully saturated rings. The van der Waals surface area contributed by atoms with E-state index in [4.69, 9.17) is 16.3 Å². The van der Waals surface area contributed by atoms with E-state index < -0.39 is 0 Å². The average Bonchev–Trinajstić information content (AvgIpc) is 2.42. The first-order valence-corrected chi connectivity index (χ1v) is 6.09. The molecule has 3 heteroatoms. The molecular formula is C15H13ClO2. The van der Waals surface area contributed by atoms with Crippen LogP contribution >= 0.6 is 11.6 Å². The van der Waals surface area contributed by atoms with Crippen molar-refractivity contribution in [1.29, 1.82) is 0 Å². The van der Waals surface area contributed by atoms with Crippen LogP contribution in [0.2, 0.25) is 5.02 Å². The SMILES string of the molecule is O=Cc1ccc(OCCc2ccccc2Cl)cc1. The molecule has 92 valence electrons. The molecule has 0 spiro atoms. The van der Waals surface area contributed by atoms with Gasteiger partial charge in [-0.2, -0.15) is 0 Å². The van der Waals surface area contributed by atoms with Gasteiger partial charge < -0.3 is 4.74 Å². The summed E-state index contributed by atoms with van der Waals surface area (Å²) in [5.41, 5.74) is 1.72. The monoisotopic (exact) mass is 260 g/mol. The molecule has 0 aliphatic heterocycles. The van der Waals surface area contributed by atoms with Crippen LogP contribution in [0.4, 0.5) is 0 Å². The highest BCUT2D eigenvalue weighted by Gasteiger charge is 2.00. The third-order valence-corrected chi connectivity index (χ3v) is 2.98. The number of hydrogen-bond acceptors (Lipinski definition) is 2. The maximum atomic E-state index is 10.5. The highest BCUT2D eigenvalue weighted by molar-refractivity contribution is 6.31. The van der Waals surface area contributed by atoms with Gasteiger partial charge in [0.05, 0.1) is 6.61 Å². The summed E-state index contributed by atoms with van der Waals surface area (Å²) in [6.45, 7) is 0.560. The van der Waals surface area contributed by atoms with E-state index in [2.05, 4.69) is 0 Å². The molecule has 0 atom stereocenters. The molecule has 0 heterocycles. The van der Waals surface area contributed by atoms with E-state index in [-0.39, 0.29) is 0 Å². The van der Waals surface area contributed by atoms with Gasteiger partial charge in [0, 0.05) is 17.0 Å². The fourth-order valence-corrected chi connectivity index (χ4v) is 1.85. The van der Waals surface area contributed by atoms with E-state index in [1.165, 1.54) is 0 Å². The summed E-state index contributed by atoms with van der Waals surface area (Å²) >= 11 is 6.05. The standard InChI is InChI=1S/C15H13ClO2/c16-15-4-2-1-3-13(15)9-10-18-14-7-5-12(11-17)6-8-14/h1-8,11H,9-10H2. The molecule has 0 aliphatic rings. The largest absolute Gasteiger partial charge is 0.493 e. The van der Waals surface area contributed by atoms with Gasteiger partial charge in [-0.1, -0.05) is 29.8 Å². The van der Waals surface area contributed by atoms with Gasteiger partial charge in [0.2, 0.25) is 0 Å². The number of ether oxygens (including phenoxy) is 1. The normalized spacial score (nSPS) is 10.1. The highest BCUT2D eigenvalue weighted by atomic mass is 35.5. The molecule has 2 aromatic carbocycles. The van der Waals surface area contributed by atoms with Crippen LogP contribution in [0, 0.1) is 0 Å². The first-order valence-electron chi connectivity index (χ1n) is 5.71. The Morgan fingerprint density at radius 2 is 1.78 bits per heavy atom. The van der Waals surface area contributed by atoms with Crippen molar-refractivity contribution < 1.29 is 9.53 Å². The molecule has 0 aliphatic carbocycles. The molecule has 18 heavy (non-hydrogen) atoms. The van der Waals surface area contributed by atoms with E-state index in [1.807, 2.05) is 24.3 Å². The van der Waals surface area contributed by atoms with Crippen molar-refractivity contribution in [2.24, 2.45) is 0 Å². The smallest absolute Gasteiger partial charge is 0.150 e. The molecule has 0 saturated heterocycles. The van der Waals surface area contributed by atoms with Crippen molar-refractivity contribution >= 4 is 17.9 Å². The average molecular weight is 261 g/mol. The van der Waals surface area contributed by atoms with E-state index in [0.29, 0.717) is 12.2 Å². The van der Waals surface area contributed by atoms with Crippen molar-refractivity contribution in [2.45, 2.75) is 6.42 Å². The Bertz CT molecular complexity index is 520. The molecule has 2 rings (SSSR count). The number of rotatable bonds is 5. The molecule has 2 aromatic rings. The van der Waals surface area contributed by atoms with Gasteiger partial charge in [0.15, 0.2) is 0 Å². The Labute approximate surface area is 111 Å². The van der Waals surface area contributed by atoms with E-state index in [9.17, 15) is 4.79 Å². The van der Waals surface area contributed by atoms with Crippen LogP contribution in [0.1, 0.15) is 15.9 Å². The molecule has 0 radical (unpaired) electrons. The number of carbonyl (C=O) groups is 1. The number of aldehydes is 1. The molecule has 2 nitrogen and oxygen atoms in total. The number of carbonyl (C=O) groups excluding carboxylic acids is 1. The Kier molecular flexibility index (Phi) is 4.37. The molecular weight excluding hydrogens is 248 g/mol. The van der Waals surface area contributed by atoms with Crippen LogP contribution in [-0.2, 0) is 6.42 Å². The molecule has 0 bridgehead atoms. The van der Waals surface area contributed by atoms with E-state index in [1.54, 1.807) is 24.3 Å². The van der Waals surface area contributed by atoms with Gasteiger partial charge in [0.1, 0.15) is 12.0 Å². The number of halogens is 1. The molecule has 0 unspecified atom stereocenters. The zero-order chi connectivity index (χ0) is 12.8. The van der Waals surface area contributed by atoms with Crippen molar-refractivity contribution in [1.82, 2.24) is 0 Å². The van der Waals surface area contributed by atoms with Crippen LogP contribution < -0.4 is 4.74 Å². The number of benzene rings is 2. The lowest BCUT2D eigenvalue weighted by molar-refractivity contribution is 0.112. The second kappa shape index (κ2) is 6.22. The Morgan fingerprint density at radius 1 is 1.06 bits per heavy atom. The topological polar surface area (TPSA) is 26.3 Å². The van der Waals surface area contributed by atoms with Crippen LogP contribution in [-0.4, -0.2) is 12.9 Å². The first-order chi connectivity index (χ1) is 8.79. The molecule has 0 amide bonds. The molecule has 0 N–H and O–H groups in total. The predicted octanol–water partition coefficient (Wildman–Crippen LogP) is 3.77. The summed E-state index contributed by atoms with van der Waals surface area (Å²) in [6.07, 6.45) is 1.57. The van der Waals surface area contributed by atoms with Gasteiger partial charge >= 0.3 is 0 Å². The summed E-state index contributed by atoms with van der Waals surface area (Å²) in [5, 5.41) is 0.761. The summed E-state index contributed by atoms with van der Waals surface area (Å²) in [5.74, 6) is 0.757. The van der Waals surface area contributed by atoms with Crippen LogP contribution in [0.25, 0.3) is 0 Å². The zero-order valence-corrected chi connectivity index (χ0v) is 10.6. The lowest BCUT2D eigenvalue weighted by Crippen LogP contribution is -2.01. The van der Waals surface area contributed by atoms with E-state index in [0.717, 1.165) is 29.0 Å². The van der Waals surface area contributed by atoms with Gasteiger partial charge in [-0.05, 0) is 35.9 Å².